The number of nitrogens with zero attached hydrogens (tertiary/aromatic N) is 2. The van der Waals surface area contributed by atoms with Gasteiger partial charge in [0.15, 0.2) is 0 Å². The van der Waals surface area contributed by atoms with Crippen LogP contribution in [0.1, 0.15) is 52.6 Å². The van der Waals surface area contributed by atoms with Crippen molar-refractivity contribution >= 4 is 33.6 Å². The lowest BCUT2D eigenvalue weighted by Crippen LogP contribution is -2.42. The number of hydrogen-bond donors (Lipinski definition) is 2. The quantitative estimate of drug-likeness (QED) is 0.180. The van der Waals surface area contributed by atoms with E-state index >= 15 is 0 Å². The van der Waals surface area contributed by atoms with Gasteiger partial charge in [0, 0.05) is 34.5 Å². The van der Waals surface area contributed by atoms with Crippen LogP contribution in [-0.2, 0) is 12.8 Å². The molecule has 0 bridgehead atoms. The number of amides is 2. The van der Waals surface area contributed by atoms with E-state index in [0.717, 1.165) is 57.2 Å². The molecular formula is C39H36N4O2. The molecule has 2 N–H and O–H groups in total. The number of carbonyl (C=O) groups excluding carboxylic acids is 2. The molecule has 6 rings (SSSR count). The average Bonchev–Trinajstić information content (AvgIpc) is 3.09. The van der Waals surface area contributed by atoms with E-state index in [9.17, 15) is 9.59 Å². The SMILES string of the molecule is CCc1ccc(-c2cc(C(=O)NCC(C)NC(=O)c3cc(-c4ccc(CC)cc4)nc4ccccc34)c3ccccc3n2)cc1. The second-order valence-corrected chi connectivity index (χ2v) is 11.3. The molecule has 0 fully saturated rings. The summed E-state index contributed by atoms with van der Waals surface area (Å²) in [5, 5.41) is 7.68. The van der Waals surface area contributed by atoms with Crippen LogP contribution in [0.25, 0.3) is 44.3 Å². The topological polar surface area (TPSA) is 84.0 Å². The van der Waals surface area contributed by atoms with Crippen LogP contribution in [0.15, 0.2) is 109 Å². The van der Waals surface area contributed by atoms with Gasteiger partial charge in [-0.2, -0.15) is 0 Å². The van der Waals surface area contributed by atoms with Gasteiger partial charge in [0.2, 0.25) is 0 Å². The molecule has 6 heteroatoms. The molecule has 0 aliphatic rings. The molecule has 2 aromatic heterocycles. The van der Waals surface area contributed by atoms with Crippen molar-refractivity contribution in [1.82, 2.24) is 20.6 Å². The van der Waals surface area contributed by atoms with Crippen molar-refractivity contribution in [2.45, 2.75) is 39.7 Å². The predicted molar refractivity (Wildman–Crippen MR) is 182 cm³/mol. The van der Waals surface area contributed by atoms with Crippen molar-refractivity contribution in [3.8, 4) is 22.5 Å². The number of para-hydroxylation sites is 2. The second-order valence-electron chi connectivity index (χ2n) is 11.3. The van der Waals surface area contributed by atoms with E-state index in [1.54, 1.807) is 0 Å². The highest BCUT2D eigenvalue weighted by Gasteiger charge is 2.18. The Morgan fingerprint density at radius 3 is 1.53 bits per heavy atom. The molecule has 6 aromatic rings. The minimum Gasteiger partial charge on any atom is -0.350 e. The molecule has 1 unspecified atom stereocenters. The first-order chi connectivity index (χ1) is 21.9. The Kier molecular flexibility index (Phi) is 8.65. The Morgan fingerprint density at radius 1 is 0.622 bits per heavy atom. The Bertz CT molecular complexity index is 2000. The number of fused-ring (bicyclic) bond motifs is 2. The summed E-state index contributed by atoms with van der Waals surface area (Å²) in [6.45, 7) is 6.39. The molecule has 1 atom stereocenters. The molecule has 6 nitrogen and oxygen atoms in total. The smallest absolute Gasteiger partial charge is 0.252 e. The lowest BCUT2D eigenvalue weighted by atomic mass is 10.0. The molecule has 0 saturated heterocycles. The molecule has 45 heavy (non-hydrogen) atoms. The van der Waals surface area contributed by atoms with Crippen LogP contribution in [-0.4, -0.2) is 34.4 Å². The van der Waals surface area contributed by atoms with Gasteiger partial charge >= 0.3 is 0 Å². The van der Waals surface area contributed by atoms with Crippen molar-refractivity contribution in [2.24, 2.45) is 0 Å². The monoisotopic (exact) mass is 592 g/mol. The summed E-state index contributed by atoms with van der Waals surface area (Å²) in [6, 6.07) is 35.2. The zero-order valence-corrected chi connectivity index (χ0v) is 25.8. The Hall–Kier alpha value is -5.36. The number of carbonyl (C=O) groups is 2. The molecule has 2 amide bonds. The Morgan fingerprint density at radius 2 is 1.07 bits per heavy atom. The largest absolute Gasteiger partial charge is 0.350 e. The van der Waals surface area contributed by atoms with Crippen molar-refractivity contribution in [3.05, 3.63) is 131 Å². The number of rotatable bonds is 9. The van der Waals surface area contributed by atoms with Crippen LogP contribution in [0.2, 0.25) is 0 Å². The fraction of sp³-hybridized carbons (Fsp3) is 0.179. The summed E-state index contributed by atoms with van der Waals surface area (Å²) in [5.41, 5.74) is 8.50. The zero-order chi connectivity index (χ0) is 31.3. The van der Waals surface area contributed by atoms with Crippen molar-refractivity contribution in [3.63, 3.8) is 0 Å². The van der Waals surface area contributed by atoms with E-state index in [0.29, 0.717) is 11.1 Å². The van der Waals surface area contributed by atoms with Crippen LogP contribution in [0, 0.1) is 0 Å². The fourth-order valence-electron chi connectivity index (χ4n) is 5.54. The minimum atomic E-state index is -0.324. The number of pyridine rings is 2. The first kappa shape index (κ1) is 29.7. The van der Waals surface area contributed by atoms with Crippen molar-refractivity contribution in [1.29, 1.82) is 0 Å². The normalized spacial score (nSPS) is 11.8. The summed E-state index contributed by atoms with van der Waals surface area (Å²) in [7, 11) is 0. The summed E-state index contributed by atoms with van der Waals surface area (Å²) in [5.74, 6) is -0.428. The first-order valence-electron chi connectivity index (χ1n) is 15.5. The first-order valence-corrected chi connectivity index (χ1v) is 15.5. The number of aromatic nitrogens is 2. The van der Waals surface area contributed by atoms with Gasteiger partial charge in [-0.25, -0.2) is 9.97 Å². The molecule has 224 valence electrons. The molecule has 0 spiro atoms. The third-order valence-electron chi connectivity index (χ3n) is 8.18. The molecule has 0 aliphatic carbocycles. The van der Waals surface area contributed by atoms with Gasteiger partial charge in [0.1, 0.15) is 0 Å². The predicted octanol–water partition coefficient (Wildman–Crippen LogP) is 7.79. The molecule has 0 aliphatic heterocycles. The molecular weight excluding hydrogens is 556 g/mol. The van der Waals surface area contributed by atoms with Gasteiger partial charge in [-0.15, -0.1) is 0 Å². The summed E-state index contributed by atoms with van der Waals surface area (Å²) >= 11 is 0. The lowest BCUT2D eigenvalue weighted by molar-refractivity contribution is 0.0914. The average molecular weight is 593 g/mol. The number of benzene rings is 4. The second kappa shape index (κ2) is 13.1. The Balaban J connectivity index is 1.21. The van der Waals surface area contributed by atoms with Crippen LogP contribution in [0.3, 0.4) is 0 Å². The van der Waals surface area contributed by atoms with Gasteiger partial charge in [-0.05, 0) is 55.2 Å². The van der Waals surface area contributed by atoms with Gasteiger partial charge in [0.05, 0.1) is 33.5 Å². The van der Waals surface area contributed by atoms with Gasteiger partial charge in [0.25, 0.3) is 11.8 Å². The van der Waals surface area contributed by atoms with Crippen molar-refractivity contribution in [2.75, 3.05) is 6.54 Å². The maximum Gasteiger partial charge on any atom is 0.252 e. The fourth-order valence-corrected chi connectivity index (χ4v) is 5.54. The van der Waals surface area contributed by atoms with Gasteiger partial charge in [-0.3, -0.25) is 9.59 Å². The highest BCUT2D eigenvalue weighted by Crippen LogP contribution is 2.27. The maximum atomic E-state index is 13.6. The maximum absolute atomic E-state index is 13.6. The molecule has 4 aromatic carbocycles. The standard InChI is InChI=1S/C39H36N4O2/c1-4-26-14-18-28(19-15-26)36-22-32(30-10-6-8-12-34(30)42-36)38(44)40-24-25(3)41-39(45)33-23-37(29-20-16-27(5-2)17-21-29)43-35-13-9-7-11-31(33)35/h6-23,25H,4-5,24H2,1-3H3,(H,40,44)(H,41,45). The summed E-state index contributed by atoms with van der Waals surface area (Å²) < 4.78 is 0. The van der Waals surface area contributed by atoms with E-state index in [1.165, 1.54) is 11.1 Å². The van der Waals surface area contributed by atoms with Crippen LogP contribution >= 0.6 is 0 Å². The van der Waals surface area contributed by atoms with Crippen LogP contribution in [0.4, 0.5) is 0 Å². The Labute approximate surface area is 263 Å². The lowest BCUT2D eigenvalue weighted by Gasteiger charge is -2.17. The van der Waals surface area contributed by atoms with Crippen LogP contribution < -0.4 is 10.6 Å². The zero-order valence-electron chi connectivity index (χ0n) is 25.8. The van der Waals surface area contributed by atoms with E-state index < -0.39 is 0 Å². The van der Waals surface area contributed by atoms with Crippen molar-refractivity contribution < 1.29 is 9.59 Å². The minimum absolute atomic E-state index is 0.214. The van der Waals surface area contributed by atoms with E-state index in [1.807, 2.05) is 91.9 Å². The van der Waals surface area contributed by atoms with E-state index in [-0.39, 0.29) is 24.4 Å². The number of nitrogens with one attached hydrogen (secondary N) is 2. The highest BCUT2D eigenvalue weighted by atomic mass is 16.2. The summed E-state index contributed by atoms with van der Waals surface area (Å²) in [6.07, 6.45) is 1.91. The summed E-state index contributed by atoms with van der Waals surface area (Å²) in [4.78, 5) is 36.9. The molecule has 2 heterocycles. The van der Waals surface area contributed by atoms with E-state index in [4.69, 9.17) is 9.97 Å². The number of aryl methyl sites for hydroxylation is 2. The molecule has 0 radical (unpaired) electrons. The van der Waals surface area contributed by atoms with Gasteiger partial charge in [-0.1, -0.05) is 98.8 Å². The van der Waals surface area contributed by atoms with Gasteiger partial charge < -0.3 is 10.6 Å². The third kappa shape index (κ3) is 6.46. The third-order valence-corrected chi connectivity index (χ3v) is 8.18. The number of hydrogen-bond acceptors (Lipinski definition) is 4. The molecule has 0 saturated carbocycles. The van der Waals surface area contributed by atoms with E-state index in [2.05, 4.69) is 48.7 Å². The highest BCUT2D eigenvalue weighted by molar-refractivity contribution is 6.08. The van der Waals surface area contributed by atoms with Crippen LogP contribution in [0.5, 0.6) is 0 Å².